The summed E-state index contributed by atoms with van der Waals surface area (Å²) in [6.45, 7) is 5.64. The van der Waals surface area contributed by atoms with E-state index in [1.54, 1.807) is 0 Å². The highest BCUT2D eigenvalue weighted by Crippen LogP contribution is 2.39. The number of anilines is 2. The van der Waals surface area contributed by atoms with Crippen molar-refractivity contribution in [2.24, 2.45) is 5.92 Å². The van der Waals surface area contributed by atoms with E-state index in [2.05, 4.69) is 41.9 Å². The van der Waals surface area contributed by atoms with Gasteiger partial charge in [0.15, 0.2) is 0 Å². The second kappa shape index (κ2) is 5.31. The Balaban J connectivity index is 2.03. The summed E-state index contributed by atoms with van der Waals surface area (Å²) in [7, 11) is 0. The van der Waals surface area contributed by atoms with Gasteiger partial charge in [0.1, 0.15) is 0 Å². The number of hydrogen-bond donors (Lipinski definition) is 1. The largest absolute Gasteiger partial charge is 0.396 e. The molecule has 0 bridgehead atoms. The van der Waals surface area contributed by atoms with Crippen LogP contribution in [0.3, 0.4) is 0 Å². The fourth-order valence-electron chi connectivity index (χ4n) is 2.72. The van der Waals surface area contributed by atoms with Gasteiger partial charge in [0, 0.05) is 18.0 Å². The summed E-state index contributed by atoms with van der Waals surface area (Å²) in [5.74, 6) is 0.713. The maximum absolute atomic E-state index is 6.26. The molecule has 0 amide bonds. The smallest absolute Gasteiger partial charge is 0.0745 e. The second-order valence-corrected chi connectivity index (χ2v) is 6.19. The Labute approximate surface area is 120 Å². The average Bonchev–Trinajstić information content (AvgIpc) is 3.25. The number of hydrogen-bond acceptors (Lipinski definition) is 3. The van der Waals surface area contributed by atoms with Crippen molar-refractivity contribution in [3.05, 3.63) is 30.5 Å². The van der Waals surface area contributed by atoms with E-state index in [4.69, 9.17) is 5.73 Å². The monoisotopic (exact) mass is 269 g/mol. The highest BCUT2D eigenvalue weighted by molar-refractivity contribution is 5.97. The van der Waals surface area contributed by atoms with Gasteiger partial charge >= 0.3 is 0 Å². The molecule has 0 atom stereocenters. The van der Waals surface area contributed by atoms with Gasteiger partial charge in [-0.2, -0.15) is 0 Å². The Kier molecular flexibility index (Phi) is 3.51. The first-order chi connectivity index (χ1) is 9.66. The third kappa shape index (κ3) is 2.58. The number of aromatic nitrogens is 1. The lowest BCUT2D eigenvalue weighted by Crippen LogP contribution is -2.28. The van der Waals surface area contributed by atoms with Crippen molar-refractivity contribution in [3.8, 4) is 0 Å². The van der Waals surface area contributed by atoms with Crippen molar-refractivity contribution in [2.75, 3.05) is 17.2 Å². The van der Waals surface area contributed by atoms with E-state index in [0.717, 1.165) is 17.7 Å². The molecule has 0 saturated heterocycles. The zero-order chi connectivity index (χ0) is 14.1. The van der Waals surface area contributed by atoms with Crippen LogP contribution in [-0.2, 0) is 0 Å². The van der Waals surface area contributed by atoms with E-state index in [0.29, 0.717) is 12.0 Å². The summed E-state index contributed by atoms with van der Waals surface area (Å²) < 4.78 is 0. The van der Waals surface area contributed by atoms with E-state index >= 15 is 0 Å². The molecule has 0 aliphatic heterocycles. The Hall–Kier alpha value is -1.77. The SMILES string of the molecule is CC(C)CCN(c1c(N)cnc2ccccc12)C1CC1. The maximum atomic E-state index is 6.26. The van der Waals surface area contributed by atoms with Crippen molar-refractivity contribution in [3.63, 3.8) is 0 Å². The molecule has 2 N–H and O–H groups in total. The molecule has 1 aliphatic rings. The van der Waals surface area contributed by atoms with E-state index in [1.807, 2.05) is 12.3 Å². The van der Waals surface area contributed by atoms with Gasteiger partial charge in [-0.1, -0.05) is 32.0 Å². The zero-order valence-electron chi connectivity index (χ0n) is 12.3. The molecule has 106 valence electrons. The van der Waals surface area contributed by atoms with Crippen LogP contribution < -0.4 is 10.6 Å². The topological polar surface area (TPSA) is 42.1 Å². The van der Waals surface area contributed by atoms with Gasteiger partial charge in [0.25, 0.3) is 0 Å². The molecule has 3 heteroatoms. The third-order valence-corrected chi connectivity index (χ3v) is 4.00. The van der Waals surface area contributed by atoms with Crippen LogP contribution in [0.2, 0.25) is 0 Å². The van der Waals surface area contributed by atoms with Crippen LogP contribution >= 0.6 is 0 Å². The molecule has 20 heavy (non-hydrogen) atoms. The van der Waals surface area contributed by atoms with Gasteiger partial charge in [-0.15, -0.1) is 0 Å². The van der Waals surface area contributed by atoms with Crippen LogP contribution in [0.25, 0.3) is 10.9 Å². The van der Waals surface area contributed by atoms with Crippen LogP contribution in [0, 0.1) is 5.92 Å². The van der Waals surface area contributed by atoms with Crippen LogP contribution in [0.5, 0.6) is 0 Å². The van der Waals surface area contributed by atoms with Gasteiger partial charge in [-0.25, -0.2) is 0 Å². The molecule has 0 radical (unpaired) electrons. The van der Waals surface area contributed by atoms with E-state index in [-0.39, 0.29) is 0 Å². The quantitative estimate of drug-likeness (QED) is 0.897. The van der Waals surface area contributed by atoms with Crippen LogP contribution in [-0.4, -0.2) is 17.6 Å². The number of nitrogen functional groups attached to an aromatic ring is 1. The van der Waals surface area contributed by atoms with Gasteiger partial charge in [-0.3, -0.25) is 4.98 Å². The lowest BCUT2D eigenvalue weighted by molar-refractivity contribution is 0.571. The second-order valence-electron chi connectivity index (χ2n) is 6.19. The summed E-state index contributed by atoms with van der Waals surface area (Å²) in [5, 5.41) is 1.18. The number of fused-ring (bicyclic) bond motifs is 1. The number of pyridine rings is 1. The van der Waals surface area contributed by atoms with E-state index < -0.39 is 0 Å². The molecular formula is C17H23N3. The molecule has 1 aliphatic carbocycles. The molecular weight excluding hydrogens is 246 g/mol. The molecule has 1 aromatic heterocycles. The van der Waals surface area contributed by atoms with Gasteiger partial charge in [0.2, 0.25) is 0 Å². The standard InChI is InChI=1S/C17H23N3/c1-12(2)9-10-20(13-7-8-13)17-14-5-3-4-6-16(14)19-11-15(17)18/h3-6,11-13H,7-10,18H2,1-2H3. The molecule has 3 nitrogen and oxygen atoms in total. The summed E-state index contributed by atoms with van der Waals surface area (Å²) in [5.41, 5.74) is 9.29. The fourth-order valence-corrected chi connectivity index (χ4v) is 2.72. The van der Waals surface area contributed by atoms with Crippen molar-refractivity contribution in [2.45, 2.75) is 39.2 Å². The lowest BCUT2D eigenvalue weighted by Gasteiger charge is -2.28. The first kappa shape index (κ1) is 13.2. The Morgan fingerprint density at radius 2 is 2.05 bits per heavy atom. The average molecular weight is 269 g/mol. The third-order valence-electron chi connectivity index (χ3n) is 4.00. The minimum atomic E-state index is 0.668. The molecule has 3 rings (SSSR count). The number of benzene rings is 1. The summed E-state index contributed by atoms with van der Waals surface area (Å²) in [6.07, 6.45) is 5.58. The molecule has 2 aromatic rings. The summed E-state index contributed by atoms with van der Waals surface area (Å²) >= 11 is 0. The lowest BCUT2D eigenvalue weighted by atomic mass is 10.1. The normalized spacial score (nSPS) is 14.9. The molecule has 1 aromatic carbocycles. The maximum Gasteiger partial charge on any atom is 0.0745 e. The Morgan fingerprint density at radius 3 is 2.75 bits per heavy atom. The molecule has 1 saturated carbocycles. The highest BCUT2D eigenvalue weighted by atomic mass is 15.2. The van der Waals surface area contributed by atoms with Crippen molar-refractivity contribution < 1.29 is 0 Å². The van der Waals surface area contributed by atoms with Crippen LogP contribution in [0.4, 0.5) is 11.4 Å². The summed E-state index contributed by atoms with van der Waals surface area (Å²) in [4.78, 5) is 6.96. The van der Waals surface area contributed by atoms with Gasteiger partial charge < -0.3 is 10.6 Å². The Morgan fingerprint density at radius 1 is 1.30 bits per heavy atom. The Bertz CT molecular complexity index is 602. The number of rotatable bonds is 5. The summed E-state index contributed by atoms with van der Waals surface area (Å²) in [6, 6.07) is 8.97. The first-order valence-corrected chi connectivity index (χ1v) is 7.56. The predicted molar refractivity (Wildman–Crippen MR) is 86.0 cm³/mol. The predicted octanol–water partition coefficient (Wildman–Crippen LogP) is 3.83. The number of para-hydroxylation sites is 1. The number of nitrogens with zero attached hydrogens (tertiary/aromatic N) is 2. The number of nitrogens with two attached hydrogens (primary N) is 1. The van der Waals surface area contributed by atoms with E-state index in [1.165, 1.54) is 30.3 Å². The van der Waals surface area contributed by atoms with Crippen molar-refractivity contribution >= 4 is 22.3 Å². The van der Waals surface area contributed by atoms with Crippen LogP contribution in [0.15, 0.2) is 30.5 Å². The minimum absolute atomic E-state index is 0.668. The van der Waals surface area contributed by atoms with Gasteiger partial charge in [-0.05, 0) is 31.2 Å². The van der Waals surface area contributed by atoms with E-state index in [9.17, 15) is 0 Å². The van der Waals surface area contributed by atoms with Crippen LogP contribution in [0.1, 0.15) is 33.1 Å². The van der Waals surface area contributed by atoms with Gasteiger partial charge in [0.05, 0.1) is 23.1 Å². The molecule has 0 spiro atoms. The fraction of sp³-hybridized carbons (Fsp3) is 0.471. The van der Waals surface area contributed by atoms with Crippen molar-refractivity contribution in [1.29, 1.82) is 0 Å². The minimum Gasteiger partial charge on any atom is -0.396 e. The first-order valence-electron chi connectivity index (χ1n) is 7.56. The molecule has 1 fully saturated rings. The zero-order valence-corrected chi connectivity index (χ0v) is 12.3. The molecule has 1 heterocycles. The van der Waals surface area contributed by atoms with Crippen molar-refractivity contribution in [1.82, 2.24) is 4.98 Å². The highest BCUT2D eigenvalue weighted by Gasteiger charge is 2.31. The molecule has 0 unspecified atom stereocenters.